The first-order valence-electron chi connectivity index (χ1n) is 6.11. The fraction of sp³-hybridized carbons (Fsp3) is 0.714. The quantitative estimate of drug-likeness (QED) is 0.473. The van der Waals surface area contributed by atoms with Crippen molar-refractivity contribution in [1.82, 2.24) is 0 Å². The third-order valence-corrected chi connectivity index (χ3v) is 7.94. The maximum absolute atomic E-state index is 6.12. The molecule has 0 N–H and O–H groups in total. The summed E-state index contributed by atoms with van der Waals surface area (Å²) in [7, 11) is -1.55. The minimum atomic E-state index is -1.55. The Morgan fingerprint density at radius 2 is 1.88 bits per heavy atom. The second-order valence-corrected chi connectivity index (χ2v) is 10.7. The number of hydrogen-bond donors (Lipinski definition) is 0. The Bertz CT molecular complexity index is 246. The van der Waals surface area contributed by atoms with Gasteiger partial charge in [0, 0.05) is 6.61 Å². The van der Waals surface area contributed by atoms with Gasteiger partial charge in [0.05, 0.1) is 0 Å². The molecule has 0 spiro atoms. The first-order chi connectivity index (χ1) is 7.20. The highest BCUT2D eigenvalue weighted by molar-refractivity contribution is 6.74. The number of allylic oxidation sites excluding steroid dienone is 2. The smallest absolute Gasteiger partial charge is 0.191 e. The molecule has 0 aromatic heterocycles. The van der Waals surface area contributed by atoms with E-state index in [9.17, 15) is 0 Å². The molecule has 0 aliphatic heterocycles. The van der Waals surface area contributed by atoms with E-state index < -0.39 is 8.32 Å². The minimum absolute atomic E-state index is 0.311. The van der Waals surface area contributed by atoms with Crippen LogP contribution in [0.2, 0.25) is 18.1 Å². The van der Waals surface area contributed by atoms with Gasteiger partial charge in [-0.2, -0.15) is 0 Å². The van der Waals surface area contributed by atoms with Gasteiger partial charge in [-0.05, 0) is 37.9 Å². The van der Waals surface area contributed by atoms with Gasteiger partial charge in [0.1, 0.15) is 0 Å². The second-order valence-electron chi connectivity index (χ2n) is 5.93. The fourth-order valence-corrected chi connectivity index (χ4v) is 2.12. The molecule has 1 nitrogen and oxygen atoms in total. The van der Waals surface area contributed by atoms with Gasteiger partial charge in [-0.25, -0.2) is 0 Å². The van der Waals surface area contributed by atoms with Crippen molar-refractivity contribution in [2.45, 2.75) is 58.7 Å². The Kier molecular flexibility index (Phi) is 6.27. The van der Waals surface area contributed by atoms with Gasteiger partial charge in [-0.3, -0.25) is 0 Å². The van der Waals surface area contributed by atoms with Crippen LogP contribution in [0.25, 0.3) is 0 Å². The van der Waals surface area contributed by atoms with E-state index in [1.54, 1.807) is 0 Å². The van der Waals surface area contributed by atoms with E-state index in [0.717, 1.165) is 19.4 Å². The summed E-state index contributed by atoms with van der Waals surface area (Å²) in [6, 6.07) is 0. The minimum Gasteiger partial charge on any atom is -0.417 e. The lowest BCUT2D eigenvalue weighted by molar-refractivity contribution is 0.291. The lowest BCUT2D eigenvalue weighted by Crippen LogP contribution is -2.40. The van der Waals surface area contributed by atoms with E-state index >= 15 is 0 Å². The maximum Gasteiger partial charge on any atom is 0.191 e. The van der Waals surface area contributed by atoms with Crippen LogP contribution < -0.4 is 0 Å². The third-order valence-electron chi connectivity index (χ3n) is 3.40. The van der Waals surface area contributed by atoms with Crippen molar-refractivity contribution >= 4 is 8.32 Å². The molecule has 0 aromatic rings. The average molecular weight is 240 g/mol. The molecule has 0 amide bonds. The highest BCUT2D eigenvalue weighted by Crippen LogP contribution is 2.36. The summed E-state index contributed by atoms with van der Waals surface area (Å²) in [5.74, 6) is 0. The summed E-state index contributed by atoms with van der Waals surface area (Å²) < 4.78 is 6.12. The van der Waals surface area contributed by atoms with Crippen molar-refractivity contribution in [3.8, 4) is 0 Å². The molecular weight excluding hydrogens is 212 g/mol. The largest absolute Gasteiger partial charge is 0.417 e. The molecule has 0 atom stereocenters. The predicted molar refractivity (Wildman–Crippen MR) is 76.3 cm³/mol. The number of rotatable bonds is 6. The van der Waals surface area contributed by atoms with Crippen LogP contribution in [0.1, 0.15) is 40.5 Å². The standard InChI is InChI=1S/C14H28OSi/c1-8-9-10-13(2)11-12-15-16(6,7)14(3,4)5/h8,10H,1,9,11-12H2,2-7H3/b13-10+. The van der Waals surface area contributed by atoms with Crippen LogP contribution in [0.3, 0.4) is 0 Å². The summed E-state index contributed by atoms with van der Waals surface area (Å²) in [6.07, 6.45) is 6.16. The van der Waals surface area contributed by atoms with E-state index in [2.05, 4.69) is 53.4 Å². The molecule has 94 valence electrons. The molecule has 0 aromatic carbocycles. The molecule has 0 rings (SSSR count). The summed E-state index contributed by atoms with van der Waals surface area (Å²) in [5.41, 5.74) is 1.40. The molecule has 0 saturated heterocycles. The van der Waals surface area contributed by atoms with Gasteiger partial charge in [0.2, 0.25) is 0 Å². The van der Waals surface area contributed by atoms with Crippen molar-refractivity contribution in [1.29, 1.82) is 0 Å². The molecule has 0 radical (unpaired) electrons. The average Bonchev–Trinajstić information content (AvgIpc) is 2.12. The second kappa shape index (κ2) is 6.41. The highest BCUT2D eigenvalue weighted by Gasteiger charge is 2.36. The molecule has 2 heteroatoms. The fourth-order valence-electron chi connectivity index (χ4n) is 1.07. The van der Waals surface area contributed by atoms with E-state index in [1.807, 2.05) is 6.08 Å². The van der Waals surface area contributed by atoms with Gasteiger partial charge < -0.3 is 4.43 Å². The lowest BCUT2D eigenvalue weighted by atomic mass is 10.2. The Hall–Kier alpha value is -0.343. The zero-order valence-electron chi connectivity index (χ0n) is 11.9. The Morgan fingerprint density at radius 1 is 1.31 bits per heavy atom. The van der Waals surface area contributed by atoms with E-state index in [4.69, 9.17) is 4.43 Å². The number of hydrogen-bond acceptors (Lipinski definition) is 1. The normalized spacial score (nSPS) is 14.0. The van der Waals surface area contributed by atoms with Crippen LogP contribution >= 0.6 is 0 Å². The monoisotopic (exact) mass is 240 g/mol. The first-order valence-corrected chi connectivity index (χ1v) is 9.02. The summed E-state index contributed by atoms with van der Waals surface area (Å²) in [6.45, 7) is 18.2. The lowest BCUT2D eigenvalue weighted by Gasteiger charge is -2.36. The van der Waals surface area contributed by atoms with Crippen LogP contribution in [0.15, 0.2) is 24.3 Å². The molecule has 0 aliphatic rings. The molecule has 0 heterocycles. The molecule has 0 aliphatic carbocycles. The van der Waals surface area contributed by atoms with Crippen molar-refractivity contribution in [3.63, 3.8) is 0 Å². The first kappa shape index (κ1) is 15.7. The molecule has 0 saturated carbocycles. The van der Waals surface area contributed by atoms with E-state index in [0.29, 0.717) is 5.04 Å². The van der Waals surface area contributed by atoms with Crippen LogP contribution in [0, 0.1) is 0 Å². The molecule has 16 heavy (non-hydrogen) atoms. The zero-order valence-corrected chi connectivity index (χ0v) is 12.9. The van der Waals surface area contributed by atoms with Gasteiger partial charge in [-0.1, -0.05) is 38.5 Å². The topological polar surface area (TPSA) is 9.23 Å². The third kappa shape index (κ3) is 5.66. The van der Waals surface area contributed by atoms with Gasteiger partial charge in [0.25, 0.3) is 0 Å². The van der Waals surface area contributed by atoms with Crippen LogP contribution in [0.4, 0.5) is 0 Å². The van der Waals surface area contributed by atoms with Gasteiger partial charge in [-0.15, -0.1) is 6.58 Å². The Morgan fingerprint density at radius 3 is 2.31 bits per heavy atom. The van der Waals surface area contributed by atoms with Gasteiger partial charge >= 0.3 is 0 Å². The Balaban J connectivity index is 4.03. The van der Waals surface area contributed by atoms with Crippen LogP contribution in [-0.4, -0.2) is 14.9 Å². The maximum atomic E-state index is 6.12. The molecule has 0 unspecified atom stereocenters. The molecule has 0 fully saturated rings. The van der Waals surface area contributed by atoms with Crippen molar-refractivity contribution in [2.24, 2.45) is 0 Å². The summed E-state index contributed by atoms with van der Waals surface area (Å²) in [4.78, 5) is 0. The predicted octanol–water partition coefficient (Wildman–Crippen LogP) is 4.92. The van der Waals surface area contributed by atoms with Crippen molar-refractivity contribution < 1.29 is 4.43 Å². The zero-order chi connectivity index (χ0) is 12.8. The SMILES string of the molecule is C=CC/C=C(\C)CCO[Si](C)(C)C(C)(C)C. The van der Waals surface area contributed by atoms with Crippen LogP contribution in [0.5, 0.6) is 0 Å². The van der Waals surface area contributed by atoms with Crippen molar-refractivity contribution in [3.05, 3.63) is 24.3 Å². The highest BCUT2D eigenvalue weighted by atomic mass is 28.4. The van der Waals surface area contributed by atoms with Crippen LogP contribution in [-0.2, 0) is 4.43 Å². The van der Waals surface area contributed by atoms with Gasteiger partial charge in [0.15, 0.2) is 8.32 Å². The summed E-state index contributed by atoms with van der Waals surface area (Å²) >= 11 is 0. The Labute approximate surface area is 103 Å². The van der Waals surface area contributed by atoms with E-state index in [-0.39, 0.29) is 0 Å². The summed E-state index contributed by atoms with van der Waals surface area (Å²) in [5, 5.41) is 0.311. The molecule has 0 bridgehead atoms. The molecular formula is C14H28OSi. The van der Waals surface area contributed by atoms with Crippen molar-refractivity contribution in [2.75, 3.05) is 6.61 Å². The van der Waals surface area contributed by atoms with E-state index in [1.165, 1.54) is 5.57 Å².